The van der Waals surface area contributed by atoms with Crippen molar-refractivity contribution in [1.29, 1.82) is 0 Å². The van der Waals surface area contributed by atoms with Gasteiger partial charge in [-0.15, -0.1) is 0 Å². The SMILES string of the molecule is CC(C)(C)C(N)CC(=O)N(CCC(=O)O)c1ccccc1. The first-order valence-electron chi connectivity index (χ1n) is 7.04. The maximum Gasteiger partial charge on any atom is 0.305 e. The Labute approximate surface area is 125 Å². The number of carboxylic acids is 1. The van der Waals surface area contributed by atoms with Gasteiger partial charge in [-0.2, -0.15) is 0 Å². The van der Waals surface area contributed by atoms with Gasteiger partial charge in [-0.25, -0.2) is 0 Å². The van der Waals surface area contributed by atoms with Crippen LogP contribution in [0.3, 0.4) is 0 Å². The molecule has 1 atom stereocenters. The number of carbonyl (C=O) groups excluding carboxylic acids is 1. The van der Waals surface area contributed by atoms with E-state index in [1.807, 2.05) is 39.0 Å². The molecule has 0 bridgehead atoms. The first-order chi connectivity index (χ1) is 9.71. The average molecular weight is 292 g/mol. The van der Waals surface area contributed by atoms with Crippen LogP contribution in [0.15, 0.2) is 30.3 Å². The molecule has 0 spiro atoms. The molecule has 116 valence electrons. The molecule has 0 saturated carbocycles. The Balaban J connectivity index is 2.86. The van der Waals surface area contributed by atoms with E-state index in [1.165, 1.54) is 4.90 Å². The van der Waals surface area contributed by atoms with Crippen molar-refractivity contribution in [2.75, 3.05) is 11.4 Å². The van der Waals surface area contributed by atoms with Crippen LogP contribution in [0.5, 0.6) is 0 Å². The second-order valence-electron chi connectivity index (χ2n) is 6.20. The quantitative estimate of drug-likeness (QED) is 0.842. The molecule has 5 nitrogen and oxygen atoms in total. The lowest BCUT2D eigenvalue weighted by atomic mass is 9.85. The maximum absolute atomic E-state index is 12.5. The number of aliphatic carboxylic acids is 1. The number of hydrogen-bond donors (Lipinski definition) is 2. The summed E-state index contributed by atoms with van der Waals surface area (Å²) in [5.74, 6) is -1.08. The topological polar surface area (TPSA) is 83.6 Å². The van der Waals surface area contributed by atoms with Gasteiger partial charge in [-0.05, 0) is 17.5 Å². The van der Waals surface area contributed by atoms with Crippen LogP contribution in [0.2, 0.25) is 0 Å². The second kappa shape index (κ2) is 7.22. The van der Waals surface area contributed by atoms with Crippen LogP contribution in [-0.4, -0.2) is 29.6 Å². The van der Waals surface area contributed by atoms with E-state index >= 15 is 0 Å². The normalized spacial score (nSPS) is 12.8. The Hall–Kier alpha value is -1.88. The van der Waals surface area contributed by atoms with Crippen LogP contribution < -0.4 is 10.6 Å². The van der Waals surface area contributed by atoms with Crippen molar-refractivity contribution in [2.24, 2.45) is 11.1 Å². The Kier molecular flexibility index (Phi) is 5.90. The predicted molar refractivity (Wildman–Crippen MR) is 83.1 cm³/mol. The van der Waals surface area contributed by atoms with Crippen LogP contribution in [-0.2, 0) is 9.59 Å². The van der Waals surface area contributed by atoms with E-state index in [4.69, 9.17) is 10.8 Å². The third-order valence-corrected chi connectivity index (χ3v) is 3.43. The van der Waals surface area contributed by atoms with Gasteiger partial charge in [-0.1, -0.05) is 39.0 Å². The third-order valence-electron chi connectivity index (χ3n) is 3.43. The molecule has 1 rings (SSSR count). The zero-order valence-electron chi connectivity index (χ0n) is 12.9. The van der Waals surface area contributed by atoms with Gasteiger partial charge in [0.05, 0.1) is 6.42 Å². The standard InChI is InChI=1S/C16H24N2O3/c1-16(2,3)13(17)11-14(19)18(10-9-15(20)21)12-7-5-4-6-8-12/h4-8,13H,9-11,17H2,1-3H3,(H,20,21). The van der Waals surface area contributed by atoms with Gasteiger partial charge >= 0.3 is 5.97 Å². The van der Waals surface area contributed by atoms with Crippen LogP contribution >= 0.6 is 0 Å². The summed E-state index contributed by atoms with van der Waals surface area (Å²) in [6.45, 7) is 6.09. The lowest BCUT2D eigenvalue weighted by molar-refractivity contribution is -0.136. The van der Waals surface area contributed by atoms with Gasteiger partial charge in [0, 0.05) is 24.7 Å². The molecule has 0 aliphatic heterocycles. The number of nitrogens with two attached hydrogens (primary N) is 1. The molecule has 5 heteroatoms. The van der Waals surface area contributed by atoms with E-state index in [1.54, 1.807) is 12.1 Å². The summed E-state index contributed by atoms with van der Waals surface area (Å²) in [6, 6.07) is 8.80. The van der Waals surface area contributed by atoms with E-state index in [0.717, 1.165) is 0 Å². The van der Waals surface area contributed by atoms with Crippen molar-refractivity contribution in [2.45, 2.75) is 39.7 Å². The molecular formula is C16H24N2O3. The number of nitrogens with zero attached hydrogens (tertiary/aromatic N) is 1. The summed E-state index contributed by atoms with van der Waals surface area (Å²) in [5, 5.41) is 8.84. The van der Waals surface area contributed by atoms with Crippen molar-refractivity contribution in [3.05, 3.63) is 30.3 Å². The molecule has 21 heavy (non-hydrogen) atoms. The zero-order valence-corrected chi connectivity index (χ0v) is 12.9. The van der Waals surface area contributed by atoms with Gasteiger partial charge in [0.2, 0.25) is 5.91 Å². The number of hydrogen-bond acceptors (Lipinski definition) is 3. The second-order valence-corrected chi connectivity index (χ2v) is 6.20. The summed E-state index contributed by atoms with van der Waals surface area (Å²) in [4.78, 5) is 24.7. The van der Waals surface area contributed by atoms with Crippen molar-refractivity contribution in [1.82, 2.24) is 0 Å². The highest BCUT2D eigenvalue weighted by Crippen LogP contribution is 2.22. The van der Waals surface area contributed by atoms with Crippen LogP contribution in [0.25, 0.3) is 0 Å². The number of carboxylic acid groups (broad SMARTS) is 1. The van der Waals surface area contributed by atoms with E-state index in [-0.39, 0.29) is 36.8 Å². The minimum atomic E-state index is -0.927. The minimum Gasteiger partial charge on any atom is -0.481 e. The van der Waals surface area contributed by atoms with Gasteiger partial charge in [0.25, 0.3) is 0 Å². The van der Waals surface area contributed by atoms with Gasteiger partial charge < -0.3 is 15.7 Å². The Morgan fingerprint density at radius 2 is 1.81 bits per heavy atom. The molecule has 1 aromatic carbocycles. The Bertz CT molecular complexity index is 480. The predicted octanol–water partition coefficient (Wildman–Crippen LogP) is 2.26. The fourth-order valence-electron chi connectivity index (χ4n) is 1.82. The fourth-order valence-corrected chi connectivity index (χ4v) is 1.82. The highest BCUT2D eigenvalue weighted by Gasteiger charge is 2.26. The monoisotopic (exact) mass is 292 g/mol. The van der Waals surface area contributed by atoms with E-state index in [9.17, 15) is 9.59 Å². The summed E-state index contributed by atoms with van der Waals surface area (Å²) in [5.41, 5.74) is 6.58. The van der Waals surface area contributed by atoms with Gasteiger partial charge in [0.1, 0.15) is 0 Å². The van der Waals surface area contributed by atoms with Gasteiger partial charge in [-0.3, -0.25) is 9.59 Å². The Morgan fingerprint density at radius 1 is 1.24 bits per heavy atom. The molecule has 0 radical (unpaired) electrons. The van der Waals surface area contributed by atoms with Crippen LogP contribution in [0.1, 0.15) is 33.6 Å². The molecular weight excluding hydrogens is 268 g/mol. The molecule has 0 saturated heterocycles. The third kappa shape index (κ3) is 5.55. The number of carbonyl (C=O) groups is 2. The van der Waals surface area contributed by atoms with Crippen molar-refractivity contribution < 1.29 is 14.7 Å². The van der Waals surface area contributed by atoms with Crippen molar-refractivity contribution in [3.8, 4) is 0 Å². The number of amides is 1. The molecule has 0 aliphatic carbocycles. The minimum absolute atomic E-state index is 0.0919. The highest BCUT2D eigenvalue weighted by molar-refractivity contribution is 5.94. The zero-order chi connectivity index (χ0) is 16.0. The van der Waals surface area contributed by atoms with Crippen LogP contribution in [0.4, 0.5) is 5.69 Å². The first-order valence-corrected chi connectivity index (χ1v) is 7.04. The first kappa shape index (κ1) is 17.2. The summed E-state index contributed by atoms with van der Waals surface area (Å²) < 4.78 is 0. The highest BCUT2D eigenvalue weighted by atomic mass is 16.4. The molecule has 1 unspecified atom stereocenters. The lowest BCUT2D eigenvalue weighted by Gasteiger charge is -2.29. The van der Waals surface area contributed by atoms with Crippen molar-refractivity contribution >= 4 is 17.6 Å². The summed E-state index contributed by atoms with van der Waals surface area (Å²) in [6.07, 6.45) is 0.101. The smallest absolute Gasteiger partial charge is 0.305 e. The number of benzene rings is 1. The number of rotatable bonds is 6. The van der Waals surface area contributed by atoms with E-state index in [0.29, 0.717) is 5.69 Å². The molecule has 0 aromatic heterocycles. The molecule has 1 aromatic rings. The van der Waals surface area contributed by atoms with Crippen molar-refractivity contribution in [3.63, 3.8) is 0 Å². The summed E-state index contributed by atoms with van der Waals surface area (Å²) >= 11 is 0. The Morgan fingerprint density at radius 3 is 2.29 bits per heavy atom. The lowest BCUT2D eigenvalue weighted by Crippen LogP contribution is -2.42. The molecule has 0 fully saturated rings. The molecule has 0 heterocycles. The fraction of sp³-hybridized carbons (Fsp3) is 0.500. The average Bonchev–Trinajstić information content (AvgIpc) is 2.38. The van der Waals surface area contributed by atoms with Gasteiger partial charge in [0.15, 0.2) is 0 Å². The molecule has 1 amide bonds. The van der Waals surface area contributed by atoms with Crippen LogP contribution in [0, 0.1) is 5.41 Å². The number of para-hydroxylation sites is 1. The van der Waals surface area contributed by atoms with E-state index in [2.05, 4.69) is 0 Å². The largest absolute Gasteiger partial charge is 0.481 e. The van der Waals surface area contributed by atoms with E-state index < -0.39 is 5.97 Å². The number of anilines is 1. The molecule has 0 aliphatic rings. The summed E-state index contributed by atoms with van der Waals surface area (Å²) in [7, 11) is 0. The maximum atomic E-state index is 12.5. The molecule has 3 N–H and O–H groups in total.